The molecule has 5 nitrogen and oxygen atoms in total. The summed E-state index contributed by atoms with van der Waals surface area (Å²) in [6.45, 7) is 5.36. The van der Waals surface area contributed by atoms with Crippen molar-refractivity contribution in [1.29, 1.82) is 0 Å². The first-order chi connectivity index (χ1) is 11.3. The predicted molar refractivity (Wildman–Crippen MR) is 109 cm³/mol. The second-order valence-electron chi connectivity index (χ2n) is 5.81. The molecule has 0 bridgehead atoms. The molecule has 1 saturated heterocycles. The van der Waals surface area contributed by atoms with E-state index in [1.54, 1.807) is 16.4 Å². The highest BCUT2D eigenvalue weighted by molar-refractivity contribution is 7.99. The summed E-state index contributed by atoms with van der Waals surface area (Å²) in [5, 5.41) is 8.06. The third-order valence-corrected chi connectivity index (χ3v) is 5.24. The number of hydrogen-bond donors (Lipinski definition) is 1. The van der Waals surface area contributed by atoms with E-state index in [0.717, 1.165) is 37.5 Å². The zero-order valence-corrected chi connectivity index (χ0v) is 16.8. The lowest BCUT2D eigenvalue weighted by Crippen LogP contribution is -2.31. The van der Waals surface area contributed by atoms with Gasteiger partial charge in [0.05, 0.1) is 6.54 Å². The number of piperidine rings is 1. The molecule has 1 atom stereocenters. The van der Waals surface area contributed by atoms with Gasteiger partial charge in [-0.05, 0) is 38.4 Å². The Morgan fingerprint density at radius 1 is 1.28 bits per heavy atom. The van der Waals surface area contributed by atoms with Crippen molar-refractivity contribution < 1.29 is 0 Å². The van der Waals surface area contributed by atoms with Crippen LogP contribution < -0.4 is 11.0 Å². The quantitative estimate of drug-likeness (QED) is 0.751. The van der Waals surface area contributed by atoms with Crippen LogP contribution >= 0.6 is 36.6 Å². The first-order valence-electron chi connectivity index (χ1n) is 8.35. The number of nitrogens with zero attached hydrogens (tertiary/aromatic N) is 3. The van der Waals surface area contributed by atoms with E-state index in [-0.39, 0.29) is 30.5 Å². The summed E-state index contributed by atoms with van der Waals surface area (Å²) in [4.78, 5) is 13.8. The van der Waals surface area contributed by atoms with E-state index in [1.807, 2.05) is 29.7 Å². The minimum absolute atomic E-state index is 0. The van der Waals surface area contributed by atoms with Gasteiger partial charge in [0.1, 0.15) is 5.82 Å². The molecule has 25 heavy (non-hydrogen) atoms. The number of halogens is 2. The predicted octanol–water partition coefficient (Wildman–Crippen LogP) is 3.17. The first-order valence-corrected chi connectivity index (χ1v) is 9.34. The van der Waals surface area contributed by atoms with E-state index < -0.39 is 0 Å². The van der Waals surface area contributed by atoms with Crippen molar-refractivity contribution in [3.05, 3.63) is 46.6 Å². The van der Waals surface area contributed by atoms with Gasteiger partial charge in [0, 0.05) is 29.7 Å². The van der Waals surface area contributed by atoms with Gasteiger partial charge in [0.15, 0.2) is 0 Å². The SMILES string of the molecule is CCn1c(C2CCCNC2)nn(CCSc2ccccc2)c1=O.Cl.Cl. The topological polar surface area (TPSA) is 51.9 Å². The van der Waals surface area contributed by atoms with Gasteiger partial charge in [0.2, 0.25) is 0 Å². The molecule has 1 aromatic carbocycles. The Balaban J connectivity index is 0.00000156. The molecule has 0 radical (unpaired) electrons. The van der Waals surface area contributed by atoms with E-state index in [9.17, 15) is 4.79 Å². The number of aryl methyl sites for hydroxylation is 1. The van der Waals surface area contributed by atoms with Crippen molar-refractivity contribution in [2.24, 2.45) is 0 Å². The Hall–Kier alpha value is -0.950. The normalized spacial score (nSPS) is 16.8. The highest BCUT2D eigenvalue weighted by atomic mass is 35.5. The van der Waals surface area contributed by atoms with Gasteiger partial charge >= 0.3 is 5.69 Å². The van der Waals surface area contributed by atoms with Crippen LogP contribution in [0.5, 0.6) is 0 Å². The zero-order chi connectivity index (χ0) is 16.1. The lowest BCUT2D eigenvalue weighted by atomic mass is 9.99. The summed E-state index contributed by atoms with van der Waals surface area (Å²) in [5.41, 5.74) is 0.0294. The molecular formula is C17H26Cl2N4OS. The van der Waals surface area contributed by atoms with Gasteiger partial charge in [-0.3, -0.25) is 4.57 Å². The van der Waals surface area contributed by atoms with E-state index in [2.05, 4.69) is 22.5 Å². The molecule has 1 fully saturated rings. The molecule has 2 heterocycles. The van der Waals surface area contributed by atoms with Crippen LogP contribution in [0.15, 0.2) is 40.0 Å². The van der Waals surface area contributed by atoms with E-state index in [1.165, 1.54) is 4.90 Å². The summed E-state index contributed by atoms with van der Waals surface area (Å²) in [7, 11) is 0. The van der Waals surface area contributed by atoms with E-state index in [0.29, 0.717) is 19.0 Å². The Labute approximate surface area is 165 Å². The molecule has 1 N–H and O–H groups in total. The maximum absolute atomic E-state index is 12.5. The second-order valence-corrected chi connectivity index (χ2v) is 6.98. The standard InChI is InChI=1S/C17H24N4OS.2ClH/c1-2-20-16(14-7-6-10-18-13-14)19-21(17(20)22)11-12-23-15-8-4-3-5-9-15;;/h3-5,8-9,14,18H,2,6-7,10-13H2,1H3;2*1H. The summed E-state index contributed by atoms with van der Waals surface area (Å²) in [5.74, 6) is 2.17. The van der Waals surface area contributed by atoms with E-state index in [4.69, 9.17) is 0 Å². The van der Waals surface area contributed by atoms with Crippen molar-refractivity contribution in [2.75, 3.05) is 18.8 Å². The zero-order valence-electron chi connectivity index (χ0n) is 14.4. The van der Waals surface area contributed by atoms with Crippen LogP contribution in [0.2, 0.25) is 0 Å². The molecule has 8 heteroatoms. The fraction of sp³-hybridized carbons (Fsp3) is 0.529. The smallest absolute Gasteiger partial charge is 0.316 e. The van der Waals surface area contributed by atoms with Crippen LogP contribution in [-0.2, 0) is 13.1 Å². The number of thioether (sulfide) groups is 1. The molecule has 140 valence electrons. The summed E-state index contributed by atoms with van der Waals surface area (Å²) < 4.78 is 3.48. The molecule has 1 aromatic heterocycles. The molecule has 0 spiro atoms. The molecule has 0 saturated carbocycles. The van der Waals surface area contributed by atoms with Crippen molar-refractivity contribution in [3.8, 4) is 0 Å². The first kappa shape index (κ1) is 22.1. The van der Waals surface area contributed by atoms with Gasteiger partial charge in [-0.15, -0.1) is 36.6 Å². The Bertz CT molecular complexity index is 684. The second kappa shape index (κ2) is 10.9. The molecule has 3 rings (SSSR count). The maximum Gasteiger partial charge on any atom is 0.345 e. The van der Waals surface area contributed by atoms with Gasteiger partial charge in [-0.1, -0.05) is 18.2 Å². The van der Waals surface area contributed by atoms with Crippen LogP contribution in [0.4, 0.5) is 0 Å². The molecule has 2 aromatic rings. The van der Waals surface area contributed by atoms with Crippen molar-refractivity contribution >= 4 is 36.6 Å². The molecule has 1 aliphatic rings. The highest BCUT2D eigenvalue weighted by Gasteiger charge is 2.23. The maximum atomic E-state index is 12.5. The van der Waals surface area contributed by atoms with Crippen molar-refractivity contribution in [3.63, 3.8) is 0 Å². The third kappa shape index (κ3) is 5.51. The number of hydrogen-bond acceptors (Lipinski definition) is 4. The summed E-state index contributed by atoms with van der Waals surface area (Å²) in [6.07, 6.45) is 2.27. The molecule has 0 amide bonds. The van der Waals surface area contributed by atoms with Gasteiger partial charge < -0.3 is 5.32 Å². The number of aromatic nitrogens is 3. The largest absolute Gasteiger partial charge is 0.345 e. The average molecular weight is 405 g/mol. The Morgan fingerprint density at radius 2 is 2.04 bits per heavy atom. The minimum Gasteiger partial charge on any atom is -0.316 e. The monoisotopic (exact) mass is 404 g/mol. The molecule has 1 unspecified atom stereocenters. The minimum atomic E-state index is 0. The number of nitrogens with one attached hydrogen (secondary N) is 1. The highest BCUT2D eigenvalue weighted by Crippen LogP contribution is 2.21. The lowest BCUT2D eigenvalue weighted by molar-refractivity contribution is 0.431. The van der Waals surface area contributed by atoms with Crippen molar-refractivity contribution in [1.82, 2.24) is 19.7 Å². The van der Waals surface area contributed by atoms with Crippen molar-refractivity contribution in [2.45, 2.75) is 43.7 Å². The average Bonchev–Trinajstić information content (AvgIpc) is 2.93. The molecule has 1 aliphatic heterocycles. The number of rotatable bonds is 6. The Kier molecular flexibility index (Phi) is 9.64. The third-order valence-electron chi connectivity index (χ3n) is 4.24. The van der Waals surface area contributed by atoms with Crippen LogP contribution in [0.3, 0.4) is 0 Å². The van der Waals surface area contributed by atoms with Gasteiger partial charge in [-0.2, -0.15) is 5.10 Å². The van der Waals surface area contributed by atoms with Crippen LogP contribution in [0, 0.1) is 0 Å². The fourth-order valence-electron chi connectivity index (χ4n) is 3.04. The number of benzene rings is 1. The van der Waals surface area contributed by atoms with Crippen LogP contribution in [0.25, 0.3) is 0 Å². The van der Waals surface area contributed by atoms with E-state index >= 15 is 0 Å². The molecule has 0 aliphatic carbocycles. The van der Waals surface area contributed by atoms with Crippen LogP contribution in [0.1, 0.15) is 31.5 Å². The fourth-order valence-corrected chi connectivity index (χ4v) is 3.89. The molecular weight excluding hydrogens is 379 g/mol. The van der Waals surface area contributed by atoms with Gasteiger partial charge in [0.25, 0.3) is 0 Å². The van der Waals surface area contributed by atoms with Crippen LogP contribution in [-0.4, -0.2) is 33.2 Å². The van der Waals surface area contributed by atoms with Gasteiger partial charge in [-0.25, -0.2) is 9.48 Å². The summed E-state index contributed by atoms with van der Waals surface area (Å²) in [6, 6.07) is 10.3. The Morgan fingerprint density at radius 3 is 2.68 bits per heavy atom. The lowest BCUT2D eigenvalue weighted by Gasteiger charge is -2.21. The summed E-state index contributed by atoms with van der Waals surface area (Å²) >= 11 is 1.76.